The number of rotatable bonds is 4. The average Bonchev–Trinajstić information content (AvgIpc) is 2.55. The normalized spacial score (nSPS) is 29.8. The zero-order valence-electron chi connectivity index (χ0n) is 10.5. The van der Waals surface area contributed by atoms with Crippen LogP contribution < -0.4 is 5.90 Å². The highest BCUT2D eigenvalue weighted by Crippen LogP contribution is 2.44. The predicted octanol–water partition coefficient (Wildman–Crippen LogP) is 3.38. The molecule has 1 rings (SSSR count). The van der Waals surface area contributed by atoms with E-state index in [9.17, 15) is 4.39 Å². The summed E-state index contributed by atoms with van der Waals surface area (Å²) in [6.07, 6.45) is 6.19. The van der Waals surface area contributed by atoms with Gasteiger partial charge in [-0.05, 0) is 43.4 Å². The van der Waals surface area contributed by atoms with Crippen molar-refractivity contribution >= 4 is 0 Å². The maximum atomic E-state index is 14.5. The summed E-state index contributed by atoms with van der Waals surface area (Å²) in [6, 6.07) is 0. The Kier molecular flexibility index (Phi) is 4.43. The Morgan fingerprint density at radius 1 is 1.59 bits per heavy atom. The van der Waals surface area contributed by atoms with Crippen LogP contribution >= 0.6 is 0 Å². The lowest BCUT2D eigenvalue weighted by molar-refractivity contribution is 0.0917. The molecule has 2 N–H and O–H groups in total. The molecule has 0 saturated heterocycles. The minimum atomic E-state index is -1.46. The first-order valence-corrected chi connectivity index (χ1v) is 5.70. The summed E-state index contributed by atoms with van der Waals surface area (Å²) in [5.74, 6) is 5.20. The van der Waals surface area contributed by atoms with Gasteiger partial charge in [0.05, 0.1) is 0 Å². The molecule has 2 atom stereocenters. The van der Waals surface area contributed by atoms with Crippen molar-refractivity contribution in [1.82, 2.24) is 0 Å². The molecule has 2 unspecified atom stereocenters. The van der Waals surface area contributed by atoms with Crippen molar-refractivity contribution in [3.05, 3.63) is 48.1 Å². The molecule has 0 amide bonds. The first-order chi connectivity index (χ1) is 7.95. The molecule has 0 aromatic heterocycles. The van der Waals surface area contributed by atoms with Crippen LogP contribution in [-0.2, 0) is 4.84 Å². The van der Waals surface area contributed by atoms with Crippen LogP contribution in [0.15, 0.2) is 48.1 Å². The molecule has 0 aliphatic heterocycles. The van der Waals surface area contributed by atoms with Gasteiger partial charge in [-0.25, -0.2) is 10.3 Å². The van der Waals surface area contributed by atoms with Gasteiger partial charge in [-0.3, -0.25) is 4.84 Å². The Morgan fingerprint density at radius 2 is 2.24 bits per heavy atom. The van der Waals surface area contributed by atoms with Gasteiger partial charge in [0.2, 0.25) is 0 Å². The second-order valence-corrected chi connectivity index (χ2v) is 4.41. The summed E-state index contributed by atoms with van der Waals surface area (Å²) < 4.78 is 14.5. The first kappa shape index (κ1) is 13.9. The fraction of sp³-hybridized carbons (Fsp3) is 0.429. The van der Waals surface area contributed by atoms with Crippen molar-refractivity contribution in [1.29, 1.82) is 0 Å². The van der Waals surface area contributed by atoms with Gasteiger partial charge < -0.3 is 0 Å². The van der Waals surface area contributed by atoms with Gasteiger partial charge in [0.25, 0.3) is 0 Å². The van der Waals surface area contributed by atoms with Crippen molar-refractivity contribution in [3.8, 4) is 0 Å². The van der Waals surface area contributed by atoms with Gasteiger partial charge in [-0.2, -0.15) is 0 Å². The molecule has 0 bridgehead atoms. The summed E-state index contributed by atoms with van der Waals surface area (Å²) in [5, 5.41) is 0. The van der Waals surface area contributed by atoms with Crippen LogP contribution in [0.4, 0.5) is 4.39 Å². The van der Waals surface area contributed by atoms with Crippen molar-refractivity contribution < 1.29 is 9.23 Å². The van der Waals surface area contributed by atoms with Gasteiger partial charge >= 0.3 is 0 Å². The lowest BCUT2D eigenvalue weighted by atomic mass is 9.91. The maximum Gasteiger partial charge on any atom is 0.150 e. The van der Waals surface area contributed by atoms with E-state index >= 15 is 0 Å². The average molecular weight is 237 g/mol. The van der Waals surface area contributed by atoms with Gasteiger partial charge in [0, 0.05) is 0 Å². The van der Waals surface area contributed by atoms with E-state index in [4.69, 9.17) is 10.7 Å². The number of hydrogen-bond acceptors (Lipinski definition) is 2. The second kappa shape index (κ2) is 5.43. The van der Waals surface area contributed by atoms with Crippen LogP contribution in [0, 0.1) is 0 Å². The van der Waals surface area contributed by atoms with E-state index in [0.717, 1.165) is 5.57 Å². The second-order valence-electron chi connectivity index (χ2n) is 4.41. The summed E-state index contributed by atoms with van der Waals surface area (Å²) in [6.45, 7) is 10.7. The first-order valence-electron chi connectivity index (χ1n) is 5.70. The van der Waals surface area contributed by atoms with Crippen molar-refractivity contribution in [2.45, 2.75) is 38.5 Å². The number of nitrogens with two attached hydrogens (primary N) is 1. The van der Waals surface area contributed by atoms with E-state index in [2.05, 4.69) is 13.2 Å². The molecule has 1 aliphatic rings. The summed E-state index contributed by atoms with van der Waals surface area (Å²) in [5.41, 5.74) is 0.629. The number of alkyl halides is 1. The topological polar surface area (TPSA) is 35.2 Å². The molecule has 0 radical (unpaired) electrons. The van der Waals surface area contributed by atoms with E-state index in [1.807, 2.05) is 0 Å². The number of halogens is 1. The van der Waals surface area contributed by atoms with Crippen LogP contribution in [-0.4, -0.2) is 11.8 Å². The van der Waals surface area contributed by atoms with Crippen molar-refractivity contribution in [2.24, 2.45) is 5.90 Å². The quantitative estimate of drug-likeness (QED) is 0.462. The zero-order valence-corrected chi connectivity index (χ0v) is 10.5. The molecule has 1 aliphatic carbocycles. The van der Waals surface area contributed by atoms with E-state index < -0.39 is 5.67 Å². The largest absolute Gasteiger partial charge is 0.297 e. The van der Waals surface area contributed by atoms with Crippen LogP contribution in [0.3, 0.4) is 0 Å². The summed E-state index contributed by atoms with van der Waals surface area (Å²) in [4.78, 5) is 4.81. The smallest absolute Gasteiger partial charge is 0.150 e. The van der Waals surface area contributed by atoms with Crippen molar-refractivity contribution in [2.75, 3.05) is 0 Å². The van der Waals surface area contributed by atoms with Gasteiger partial charge in [-0.1, -0.05) is 31.4 Å². The molecule has 0 heterocycles. The highest BCUT2D eigenvalue weighted by molar-refractivity contribution is 5.44. The van der Waals surface area contributed by atoms with Crippen molar-refractivity contribution in [3.63, 3.8) is 0 Å². The fourth-order valence-corrected chi connectivity index (χ4v) is 2.10. The minimum Gasteiger partial charge on any atom is -0.297 e. The van der Waals surface area contributed by atoms with Gasteiger partial charge in [0.15, 0.2) is 5.67 Å². The Labute approximate surface area is 102 Å². The lowest BCUT2D eigenvalue weighted by Crippen LogP contribution is -2.23. The third-order valence-electron chi connectivity index (χ3n) is 3.31. The SMILES string of the molecule is C=C/C=C\C(=C1/CCC(=C)C1(C)F)C(C)ON. The molecule has 1 fully saturated rings. The molecule has 0 aromatic rings. The highest BCUT2D eigenvalue weighted by Gasteiger charge is 2.39. The zero-order chi connectivity index (χ0) is 13.1. The molecular weight excluding hydrogens is 217 g/mol. The third-order valence-corrected chi connectivity index (χ3v) is 3.31. The molecule has 3 heteroatoms. The molecule has 2 nitrogen and oxygen atoms in total. The van der Waals surface area contributed by atoms with E-state index in [1.165, 1.54) is 0 Å². The van der Waals surface area contributed by atoms with Crippen LogP contribution in [0.1, 0.15) is 26.7 Å². The van der Waals surface area contributed by atoms with Gasteiger partial charge in [-0.15, -0.1) is 0 Å². The van der Waals surface area contributed by atoms with Crippen LogP contribution in [0.5, 0.6) is 0 Å². The molecule has 17 heavy (non-hydrogen) atoms. The lowest BCUT2D eigenvalue weighted by Gasteiger charge is -2.22. The third kappa shape index (κ3) is 2.73. The van der Waals surface area contributed by atoms with Crippen LogP contribution in [0.25, 0.3) is 0 Å². The molecular formula is C14H20FNO. The van der Waals surface area contributed by atoms with E-state index in [-0.39, 0.29) is 6.10 Å². The van der Waals surface area contributed by atoms with Gasteiger partial charge in [0.1, 0.15) is 6.10 Å². The summed E-state index contributed by atoms with van der Waals surface area (Å²) in [7, 11) is 0. The monoisotopic (exact) mass is 237 g/mol. The highest BCUT2D eigenvalue weighted by atomic mass is 19.1. The molecule has 0 aromatic carbocycles. The Balaban J connectivity index is 3.23. The van der Waals surface area contributed by atoms with E-state index in [0.29, 0.717) is 24.0 Å². The Hall–Kier alpha value is -1.19. The van der Waals surface area contributed by atoms with Crippen LogP contribution in [0.2, 0.25) is 0 Å². The molecule has 94 valence electrons. The molecule has 1 saturated carbocycles. The number of allylic oxidation sites excluding steroid dienone is 4. The van der Waals surface area contributed by atoms with E-state index in [1.54, 1.807) is 32.1 Å². The predicted molar refractivity (Wildman–Crippen MR) is 69.0 cm³/mol. The standard InChI is InChI=1S/C14H20FNO/c1-5-6-7-12(11(3)17-16)13-9-8-10(2)14(13,4)15/h5-7,11H,1-2,8-9,16H2,3-4H3/b7-6-,13-12-. The summed E-state index contributed by atoms with van der Waals surface area (Å²) >= 11 is 0. The maximum absolute atomic E-state index is 14.5. The Bertz CT molecular complexity index is 380. The fourth-order valence-electron chi connectivity index (χ4n) is 2.10. The minimum absolute atomic E-state index is 0.345. The number of hydrogen-bond donors (Lipinski definition) is 1. The Morgan fingerprint density at radius 3 is 2.65 bits per heavy atom. The molecule has 0 spiro atoms.